The van der Waals surface area contributed by atoms with Crippen LogP contribution >= 0.6 is 0 Å². The lowest BCUT2D eigenvalue weighted by molar-refractivity contribution is -0.116. The van der Waals surface area contributed by atoms with Gasteiger partial charge < -0.3 is 14.7 Å². The van der Waals surface area contributed by atoms with Crippen LogP contribution in [0.25, 0.3) is 0 Å². The molecular weight excluding hydrogens is 563 g/mol. The summed E-state index contributed by atoms with van der Waals surface area (Å²) in [4.78, 5) is 47.8. The van der Waals surface area contributed by atoms with Gasteiger partial charge in [0, 0.05) is 44.6 Å². The molecular formula is C27H24F3N5O5S. The van der Waals surface area contributed by atoms with Crippen LogP contribution in [0.2, 0.25) is 0 Å². The van der Waals surface area contributed by atoms with E-state index in [1.807, 2.05) is 30.3 Å². The van der Waals surface area contributed by atoms with Gasteiger partial charge in [-0.2, -0.15) is 13.2 Å². The molecule has 0 N–H and O–H groups in total. The Kier molecular flexibility index (Phi) is 7.43. The van der Waals surface area contributed by atoms with Crippen LogP contribution in [0.5, 0.6) is 0 Å². The first kappa shape index (κ1) is 28.1. The predicted octanol–water partition coefficient (Wildman–Crippen LogP) is 3.31. The van der Waals surface area contributed by atoms with E-state index in [0.717, 1.165) is 22.7 Å². The quantitative estimate of drug-likeness (QED) is 0.407. The molecule has 2 aromatic carbocycles. The maximum absolute atomic E-state index is 13.1. The predicted molar refractivity (Wildman–Crippen MR) is 142 cm³/mol. The molecule has 10 nitrogen and oxygen atoms in total. The number of sulfone groups is 1. The van der Waals surface area contributed by atoms with Crippen LogP contribution < -0.4 is 9.80 Å². The fourth-order valence-electron chi connectivity index (χ4n) is 4.71. The molecule has 14 heteroatoms. The van der Waals surface area contributed by atoms with Crippen LogP contribution in [0.3, 0.4) is 0 Å². The second kappa shape index (κ2) is 10.8. The van der Waals surface area contributed by atoms with Gasteiger partial charge in [0.25, 0.3) is 21.7 Å². The van der Waals surface area contributed by atoms with Gasteiger partial charge >= 0.3 is 11.5 Å². The van der Waals surface area contributed by atoms with Crippen molar-refractivity contribution in [3.05, 3.63) is 84.2 Å². The SMILES string of the molecule is O=C(c1cc(CN2CC(=O)N(c3ccc(S(=O)(=O)C(F)(F)F)cc3)C2=O)ccn1)N1CCN(c2ccccc2)CC1. The molecule has 5 rings (SSSR count). The molecule has 214 valence electrons. The van der Waals surface area contributed by atoms with Crippen molar-refractivity contribution in [3.63, 3.8) is 0 Å². The van der Waals surface area contributed by atoms with E-state index in [4.69, 9.17) is 0 Å². The number of carbonyl (C=O) groups is 3. The number of rotatable bonds is 6. The van der Waals surface area contributed by atoms with Crippen LogP contribution in [0.1, 0.15) is 16.1 Å². The van der Waals surface area contributed by atoms with Gasteiger partial charge in [-0.1, -0.05) is 18.2 Å². The van der Waals surface area contributed by atoms with Gasteiger partial charge in [-0.15, -0.1) is 0 Å². The number of halogens is 3. The van der Waals surface area contributed by atoms with Crippen LogP contribution in [-0.4, -0.2) is 79.3 Å². The van der Waals surface area contributed by atoms with Crippen LogP contribution in [0.15, 0.2) is 77.8 Å². The number of pyridine rings is 1. The average Bonchev–Trinajstić information content (AvgIpc) is 3.24. The van der Waals surface area contributed by atoms with E-state index >= 15 is 0 Å². The van der Waals surface area contributed by atoms with Crippen molar-refractivity contribution < 1.29 is 36.0 Å². The van der Waals surface area contributed by atoms with Crippen molar-refractivity contribution in [2.24, 2.45) is 0 Å². The second-order valence-electron chi connectivity index (χ2n) is 9.47. The Morgan fingerprint density at radius 3 is 2.17 bits per heavy atom. The highest BCUT2D eigenvalue weighted by molar-refractivity contribution is 7.92. The smallest absolute Gasteiger partial charge is 0.368 e. The summed E-state index contributed by atoms with van der Waals surface area (Å²) in [5.74, 6) is -0.887. The summed E-state index contributed by atoms with van der Waals surface area (Å²) >= 11 is 0. The number of nitrogens with zero attached hydrogens (tertiary/aromatic N) is 5. The summed E-state index contributed by atoms with van der Waals surface area (Å²) in [6.45, 7) is 2.02. The number of urea groups is 1. The largest absolute Gasteiger partial charge is 0.501 e. The molecule has 4 amide bonds. The molecule has 0 unspecified atom stereocenters. The Morgan fingerprint density at radius 2 is 1.54 bits per heavy atom. The van der Waals surface area contributed by atoms with Gasteiger partial charge in [0.1, 0.15) is 12.2 Å². The van der Waals surface area contributed by atoms with E-state index in [9.17, 15) is 36.0 Å². The molecule has 1 aromatic heterocycles. The number of piperazine rings is 1. The van der Waals surface area contributed by atoms with Crippen molar-refractivity contribution in [2.45, 2.75) is 16.9 Å². The van der Waals surface area contributed by atoms with Crippen LogP contribution in [0.4, 0.5) is 29.3 Å². The molecule has 0 bridgehead atoms. The fourth-order valence-corrected chi connectivity index (χ4v) is 5.48. The zero-order chi connectivity index (χ0) is 29.4. The van der Waals surface area contributed by atoms with Crippen molar-refractivity contribution in [3.8, 4) is 0 Å². The van der Waals surface area contributed by atoms with Gasteiger partial charge in [0.15, 0.2) is 0 Å². The van der Waals surface area contributed by atoms with E-state index < -0.39 is 32.2 Å². The molecule has 3 heterocycles. The Hall–Kier alpha value is -4.46. The summed E-state index contributed by atoms with van der Waals surface area (Å²) in [7, 11) is -5.57. The summed E-state index contributed by atoms with van der Waals surface area (Å²) in [6.07, 6.45) is 1.45. The number of benzene rings is 2. The number of anilines is 2. The molecule has 2 fully saturated rings. The third-order valence-electron chi connectivity index (χ3n) is 6.85. The Labute approximate surface area is 233 Å². The average molecular weight is 588 g/mol. The van der Waals surface area contributed by atoms with Gasteiger partial charge in [0.05, 0.1) is 10.6 Å². The third-order valence-corrected chi connectivity index (χ3v) is 8.35. The highest BCUT2D eigenvalue weighted by Gasteiger charge is 2.47. The summed E-state index contributed by atoms with van der Waals surface area (Å²) in [5, 5.41) is 0. The Bertz CT molecular complexity index is 1570. The first-order valence-corrected chi connectivity index (χ1v) is 14.0. The fraction of sp³-hybridized carbons (Fsp3) is 0.259. The molecule has 0 radical (unpaired) electrons. The number of aromatic nitrogens is 1. The molecule has 2 aliphatic rings. The Balaban J connectivity index is 1.24. The van der Waals surface area contributed by atoms with Gasteiger partial charge in [-0.25, -0.2) is 18.1 Å². The van der Waals surface area contributed by atoms with Gasteiger partial charge in [-0.3, -0.25) is 14.6 Å². The highest BCUT2D eigenvalue weighted by atomic mass is 32.2. The lowest BCUT2D eigenvalue weighted by atomic mass is 10.2. The van der Waals surface area contributed by atoms with Gasteiger partial charge in [-0.05, 0) is 54.1 Å². The zero-order valence-electron chi connectivity index (χ0n) is 21.5. The Morgan fingerprint density at radius 1 is 0.878 bits per heavy atom. The maximum atomic E-state index is 13.1. The molecule has 0 saturated carbocycles. The number of hydrogen-bond acceptors (Lipinski definition) is 7. The number of para-hydroxylation sites is 1. The normalized spacial score (nSPS) is 16.5. The number of amides is 4. The number of carbonyl (C=O) groups excluding carboxylic acids is 3. The van der Waals surface area contributed by atoms with Crippen molar-refractivity contribution in [1.82, 2.24) is 14.8 Å². The van der Waals surface area contributed by atoms with E-state index in [0.29, 0.717) is 43.9 Å². The summed E-state index contributed by atoms with van der Waals surface area (Å²) < 4.78 is 61.7. The first-order valence-electron chi connectivity index (χ1n) is 12.5. The lowest BCUT2D eigenvalue weighted by Crippen LogP contribution is -2.49. The molecule has 2 saturated heterocycles. The maximum Gasteiger partial charge on any atom is 0.501 e. The van der Waals surface area contributed by atoms with Crippen molar-refractivity contribution >= 4 is 39.1 Å². The summed E-state index contributed by atoms with van der Waals surface area (Å²) in [5.41, 5.74) is -3.70. The third kappa shape index (κ3) is 5.59. The van der Waals surface area contributed by atoms with E-state index in [2.05, 4.69) is 9.88 Å². The first-order chi connectivity index (χ1) is 19.5. The van der Waals surface area contributed by atoms with Crippen LogP contribution in [-0.2, 0) is 21.2 Å². The highest BCUT2D eigenvalue weighted by Crippen LogP contribution is 2.32. The zero-order valence-corrected chi connectivity index (χ0v) is 22.3. The lowest BCUT2D eigenvalue weighted by Gasteiger charge is -2.36. The van der Waals surface area contributed by atoms with E-state index in [1.165, 1.54) is 11.1 Å². The topological polar surface area (TPSA) is 111 Å². The minimum atomic E-state index is -5.57. The minimum Gasteiger partial charge on any atom is -0.368 e. The summed E-state index contributed by atoms with van der Waals surface area (Å²) in [6, 6.07) is 15.7. The van der Waals surface area contributed by atoms with Crippen LogP contribution in [0, 0.1) is 0 Å². The number of hydrogen-bond donors (Lipinski definition) is 0. The number of imide groups is 1. The standard InChI is InChI=1S/C27H24F3N5O5S/c28-27(29,30)41(39,40)22-8-6-21(7-9-22)35-24(36)18-34(26(35)38)17-19-10-11-31-23(16-19)25(37)33-14-12-32(13-15-33)20-4-2-1-3-5-20/h1-11,16H,12-15,17-18H2. The molecule has 0 atom stereocenters. The number of alkyl halides is 3. The molecule has 2 aliphatic heterocycles. The van der Waals surface area contributed by atoms with Gasteiger partial charge in [0.2, 0.25) is 0 Å². The second-order valence-corrected chi connectivity index (χ2v) is 11.4. The molecule has 41 heavy (non-hydrogen) atoms. The van der Waals surface area contributed by atoms with Crippen molar-refractivity contribution in [2.75, 3.05) is 42.5 Å². The molecule has 0 aliphatic carbocycles. The monoisotopic (exact) mass is 587 g/mol. The van der Waals surface area contributed by atoms with Crippen molar-refractivity contribution in [1.29, 1.82) is 0 Å². The van der Waals surface area contributed by atoms with E-state index in [1.54, 1.807) is 17.0 Å². The minimum absolute atomic E-state index is 0.0216. The molecule has 0 spiro atoms. The molecule has 3 aromatic rings. The van der Waals surface area contributed by atoms with E-state index in [-0.39, 0.29) is 30.4 Å².